The Balaban J connectivity index is 0.00000162. The summed E-state index contributed by atoms with van der Waals surface area (Å²) < 4.78 is 7.74. The number of nitrogens with zero attached hydrogens (tertiary/aromatic N) is 1. The number of ether oxygens (including phenoxy) is 1. The van der Waals surface area contributed by atoms with E-state index < -0.39 is 0 Å². The van der Waals surface area contributed by atoms with Crippen molar-refractivity contribution in [3.8, 4) is 5.75 Å². The van der Waals surface area contributed by atoms with Crippen LogP contribution in [0.1, 0.15) is 18.1 Å². The van der Waals surface area contributed by atoms with Crippen LogP contribution in [0.3, 0.4) is 0 Å². The summed E-state index contributed by atoms with van der Waals surface area (Å²) >= 11 is 0. The zero-order chi connectivity index (χ0) is 12.1. The van der Waals surface area contributed by atoms with Gasteiger partial charge >= 0.3 is 0 Å². The van der Waals surface area contributed by atoms with E-state index in [1.807, 2.05) is 13.0 Å². The SMILES string of the molecule is CCOc1c[n+](Cc2ccccc2)ccc1C.[Cl-]. The first-order valence-corrected chi connectivity index (χ1v) is 5.96. The minimum atomic E-state index is 0. The summed E-state index contributed by atoms with van der Waals surface area (Å²) in [6.07, 6.45) is 4.15. The third kappa shape index (κ3) is 3.74. The van der Waals surface area contributed by atoms with Crippen LogP contribution in [0.15, 0.2) is 48.8 Å². The highest BCUT2D eigenvalue weighted by atomic mass is 35.5. The summed E-state index contributed by atoms with van der Waals surface area (Å²) in [6, 6.07) is 12.5. The van der Waals surface area contributed by atoms with Gasteiger partial charge in [0.25, 0.3) is 0 Å². The van der Waals surface area contributed by atoms with Gasteiger partial charge in [0.2, 0.25) is 6.20 Å². The molecule has 0 radical (unpaired) electrons. The first kappa shape index (κ1) is 14.5. The molecule has 2 rings (SSSR count). The van der Waals surface area contributed by atoms with Crippen LogP contribution in [0.25, 0.3) is 0 Å². The molecule has 2 nitrogen and oxygen atoms in total. The minimum absolute atomic E-state index is 0. The van der Waals surface area contributed by atoms with Crippen molar-refractivity contribution in [3.63, 3.8) is 0 Å². The van der Waals surface area contributed by atoms with Crippen molar-refractivity contribution < 1.29 is 21.7 Å². The number of hydrogen-bond donors (Lipinski definition) is 0. The van der Waals surface area contributed by atoms with Gasteiger partial charge in [-0.2, -0.15) is 4.57 Å². The molecule has 0 saturated carbocycles. The Morgan fingerprint density at radius 2 is 1.83 bits per heavy atom. The van der Waals surface area contributed by atoms with Gasteiger partial charge in [0.1, 0.15) is 0 Å². The van der Waals surface area contributed by atoms with Crippen LogP contribution in [0, 0.1) is 6.92 Å². The van der Waals surface area contributed by atoms with Crippen LogP contribution in [-0.4, -0.2) is 6.61 Å². The number of hydrogen-bond acceptors (Lipinski definition) is 1. The standard InChI is InChI=1S/C15H18NO.ClH/c1-3-17-15-12-16(10-9-13(15)2)11-14-7-5-4-6-8-14;/h4-10,12H,3,11H2,1-2H3;1H/q+1;/p-1. The van der Waals surface area contributed by atoms with E-state index in [2.05, 4.69) is 54.2 Å². The smallest absolute Gasteiger partial charge is 0.211 e. The fraction of sp³-hybridized carbons (Fsp3) is 0.267. The first-order chi connectivity index (χ1) is 8.29. The van der Waals surface area contributed by atoms with Gasteiger partial charge in [-0.3, -0.25) is 0 Å². The van der Waals surface area contributed by atoms with Crippen molar-refractivity contribution in [1.29, 1.82) is 0 Å². The Morgan fingerprint density at radius 1 is 1.11 bits per heavy atom. The van der Waals surface area contributed by atoms with E-state index >= 15 is 0 Å². The van der Waals surface area contributed by atoms with Gasteiger partial charge in [-0.1, -0.05) is 30.3 Å². The van der Waals surface area contributed by atoms with Gasteiger partial charge in [0, 0.05) is 17.2 Å². The van der Waals surface area contributed by atoms with Gasteiger partial charge in [-0.15, -0.1) is 0 Å². The Morgan fingerprint density at radius 3 is 2.50 bits per heavy atom. The molecular formula is C15H18ClNO. The lowest BCUT2D eigenvalue weighted by atomic mass is 10.2. The van der Waals surface area contributed by atoms with Crippen molar-refractivity contribution in [2.45, 2.75) is 20.4 Å². The summed E-state index contributed by atoms with van der Waals surface area (Å²) in [5.41, 5.74) is 2.47. The van der Waals surface area contributed by atoms with Gasteiger partial charge in [0.05, 0.1) is 6.61 Å². The lowest BCUT2D eigenvalue weighted by Gasteiger charge is -2.05. The molecule has 2 aromatic rings. The molecule has 0 aliphatic heterocycles. The molecule has 0 bridgehead atoms. The molecule has 0 fully saturated rings. The quantitative estimate of drug-likeness (QED) is 0.693. The largest absolute Gasteiger partial charge is 1.00 e. The molecule has 1 aromatic heterocycles. The summed E-state index contributed by atoms with van der Waals surface area (Å²) in [7, 11) is 0. The number of pyridine rings is 1. The van der Waals surface area contributed by atoms with Crippen molar-refractivity contribution in [3.05, 3.63) is 59.9 Å². The Hall–Kier alpha value is -1.54. The first-order valence-electron chi connectivity index (χ1n) is 5.96. The number of aryl methyl sites for hydroxylation is 1. The molecule has 0 amide bonds. The second-order valence-corrected chi connectivity index (χ2v) is 4.08. The zero-order valence-corrected chi connectivity index (χ0v) is 11.5. The van der Waals surface area contributed by atoms with Gasteiger partial charge in [-0.25, -0.2) is 0 Å². The van der Waals surface area contributed by atoms with E-state index in [1.54, 1.807) is 0 Å². The van der Waals surface area contributed by atoms with Crippen LogP contribution in [0.2, 0.25) is 0 Å². The normalized spacial score (nSPS) is 9.67. The topological polar surface area (TPSA) is 13.1 Å². The fourth-order valence-corrected chi connectivity index (χ4v) is 1.78. The van der Waals surface area contributed by atoms with E-state index in [0.717, 1.165) is 12.3 Å². The maximum absolute atomic E-state index is 5.59. The zero-order valence-electron chi connectivity index (χ0n) is 10.8. The Bertz CT molecular complexity index is 485. The van der Waals surface area contributed by atoms with Gasteiger partial charge in [0.15, 0.2) is 18.5 Å². The van der Waals surface area contributed by atoms with Crippen molar-refractivity contribution in [1.82, 2.24) is 0 Å². The van der Waals surface area contributed by atoms with Crippen molar-refractivity contribution in [2.24, 2.45) is 0 Å². The van der Waals surface area contributed by atoms with E-state index in [-0.39, 0.29) is 12.4 Å². The van der Waals surface area contributed by atoms with E-state index in [0.29, 0.717) is 6.61 Å². The molecule has 0 aliphatic rings. The number of rotatable bonds is 4. The predicted octanol–water partition coefficient (Wildman–Crippen LogP) is -0.266. The summed E-state index contributed by atoms with van der Waals surface area (Å²) in [5.74, 6) is 0.964. The van der Waals surface area contributed by atoms with E-state index in [1.165, 1.54) is 11.1 Å². The molecule has 0 aliphatic carbocycles. The summed E-state index contributed by atoms with van der Waals surface area (Å²) in [4.78, 5) is 0. The molecule has 1 heterocycles. The molecular weight excluding hydrogens is 246 g/mol. The maximum Gasteiger partial charge on any atom is 0.211 e. The number of halogens is 1. The molecule has 0 atom stereocenters. The Kier molecular flexibility index (Phi) is 5.66. The van der Waals surface area contributed by atoms with Gasteiger partial charge < -0.3 is 17.1 Å². The van der Waals surface area contributed by atoms with Crippen LogP contribution in [0.4, 0.5) is 0 Å². The van der Waals surface area contributed by atoms with E-state index in [9.17, 15) is 0 Å². The number of benzene rings is 1. The second-order valence-electron chi connectivity index (χ2n) is 4.08. The highest BCUT2D eigenvalue weighted by Gasteiger charge is 2.07. The highest BCUT2D eigenvalue weighted by Crippen LogP contribution is 2.13. The lowest BCUT2D eigenvalue weighted by molar-refractivity contribution is -0.688. The van der Waals surface area contributed by atoms with Crippen molar-refractivity contribution >= 4 is 0 Å². The van der Waals surface area contributed by atoms with Crippen LogP contribution >= 0.6 is 0 Å². The lowest BCUT2D eigenvalue weighted by Crippen LogP contribution is -3.00. The molecule has 18 heavy (non-hydrogen) atoms. The molecule has 0 unspecified atom stereocenters. The van der Waals surface area contributed by atoms with Crippen LogP contribution < -0.4 is 21.7 Å². The second kappa shape index (κ2) is 7.02. The molecule has 96 valence electrons. The third-order valence-electron chi connectivity index (χ3n) is 2.70. The number of aromatic nitrogens is 1. The molecule has 0 spiro atoms. The Labute approximate surface area is 115 Å². The highest BCUT2D eigenvalue weighted by molar-refractivity contribution is 5.26. The molecule has 3 heteroatoms. The molecule has 0 saturated heterocycles. The maximum atomic E-state index is 5.59. The summed E-state index contributed by atoms with van der Waals surface area (Å²) in [5, 5.41) is 0. The van der Waals surface area contributed by atoms with Crippen LogP contribution in [0.5, 0.6) is 5.75 Å². The minimum Gasteiger partial charge on any atom is -1.00 e. The van der Waals surface area contributed by atoms with Crippen molar-refractivity contribution in [2.75, 3.05) is 6.61 Å². The monoisotopic (exact) mass is 263 g/mol. The predicted molar refractivity (Wildman–Crippen MR) is 68.1 cm³/mol. The average molecular weight is 264 g/mol. The van der Waals surface area contributed by atoms with E-state index in [4.69, 9.17) is 4.74 Å². The van der Waals surface area contributed by atoms with Crippen LogP contribution in [-0.2, 0) is 6.54 Å². The third-order valence-corrected chi connectivity index (χ3v) is 2.70. The average Bonchev–Trinajstić information content (AvgIpc) is 2.35. The van der Waals surface area contributed by atoms with Gasteiger partial charge in [-0.05, 0) is 13.8 Å². The fourth-order valence-electron chi connectivity index (χ4n) is 1.78. The molecule has 0 N–H and O–H groups in total. The molecule has 1 aromatic carbocycles. The summed E-state index contributed by atoms with van der Waals surface area (Å²) in [6.45, 7) is 5.66.